The zero-order valence-corrected chi connectivity index (χ0v) is 8.75. The standard InChI is InChI=1S/C10H10BN2O3/c1-2-15-10-13-12-9(16-10)7-5-3-4-6-8(7)11-14/h3-6,14H,2H2,1H3. The van der Waals surface area contributed by atoms with Crippen LogP contribution in [0.1, 0.15) is 6.92 Å². The maximum Gasteiger partial charge on any atom is 0.414 e. The van der Waals surface area contributed by atoms with Crippen molar-refractivity contribution in [2.75, 3.05) is 6.61 Å². The van der Waals surface area contributed by atoms with Crippen LogP contribution in [-0.4, -0.2) is 29.3 Å². The fourth-order valence-electron chi connectivity index (χ4n) is 1.30. The van der Waals surface area contributed by atoms with Crippen molar-refractivity contribution in [3.05, 3.63) is 24.3 Å². The van der Waals surface area contributed by atoms with Crippen LogP contribution in [-0.2, 0) is 0 Å². The van der Waals surface area contributed by atoms with Crippen molar-refractivity contribution >= 4 is 12.9 Å². The summed E-state index contributed by atoms with van der Waals surface area (Å²) >= 11 is 0. The lowest BCUT2D eigenvalue weighted by atomic mass is 9.84. The van der Waals surface area contributed by atoms with E-state index in [-0.39, 0.29) is 6.08 Å². The number of aromatic nitrogens is 2. The summed E-state index contributed by atoms with van der Waals surface area (Å²) in [5, 5.41) is 16.6. The fourth-order valence-corrected chi connectivity index (χ4v) is 1.30. The van der Waals surface area contributed by atoms with Crippen molar-refractivity contribution in [2.45, 2.75) is 6.92 Å². The fraction of sp³-hybridized carbons (Fsp3) is 0.200. The summed E-state index contributed by atoms with van der Waals surface area (Å²) in [6, 6.07) is 7.17. The van der Waals surface area contributed by atoms with Crippen LogP contribution in [0.4, 0.5) is 0 Å². The quantitative estimate of drug-likeness (QED) is 0.749. The van der Waals surface area contributed by atoms with E-state index in [1.165, 1.54) is 0 Å². The summed E-state index contributed by atoms with van der Waals surface area (Å²) < 4.78 is 10.3. The molecule has 0 aliphatic carbocycles. The van der Waals surface area contributed by atoms with Crippen molar-refractivity contribution in [1.82, 2.24) is 10.2 Å². The molecule has 0 unspecified atom stereocenters. The first-order valence-corrected chi connectivity index (χ1v) is 4.88. The van der Waals surface area contributed by atoms with Gasteiger partial charge in [0.2, 0.25) is 0 Å². The summed E-state index contributed by atoms with van der Waals surface area (Å²) in [7, 11) is 1.000. The predicted molar refractivity (Wildman–Crippen MR) is 58.5 cm³/mol. The average molecular weight is 217 g/mol. The normalized spacial score (nSPS) is 10.1. The van der Waals surface area contributed by atoms with E-state index in [4.69, 9.17) is 14.2 Å². The Bertz CT molecular complexity index is 473. The Morgan fingerprint density at radius 3 is 2.94 bits per heavy atom. The molecule has 0 atom stereocenters. The first kappa shape index (κ1) is 10.7. The van der Waals surface area contributed by atoms with Gasteiger partial charge in [0.1, 0.15) is 0 Å². The molecule has 0 saturated heterocycles. The van der Waals surface area contributed by atoms with Gasteiger partial charge < -0.3 is 14.2 Å². The lowest BCUT2D eigenvalue weighted by Gasteiger charge is -2.00. The molecule has 0 saturated carbocycles. The minimum atomic E-state index is 0.130. The maximum absolute atomic E-state index is 9.04. The van der Waals surface area contributed by atoms with Gasteiger partial charge in [-0.1, -0.05) is 23.3 Å². The first-order valence-electron chi connectivity index (χ1n) is 4.88. The Hall–Kier alpha value is -1.82. The average Bonchev–Trinajstić information content (AvgIpc) is 2.78. The maximum atomic E-state index is 9.04. The minimum Gasteiger partial charge on any atom is -0.450 e. The molecule has 1 aromatic carbocycles. The van der Waals surface area contributed by atoms with Crippen molar-refractivity contribution < 1.29 is 14.2 Å². The predicted octanol–water partition coefficient (Wildman–Crippen LogP) is 0.372. The second kappa shape index (κ2) is 4.80. The van der Waals surface area contributed by atoms with Gasteiger partial charge >= 0.3 is 13.6 Å². The van der Waals surface area contributed by atoms with Gasteiger partial charge in [-0.05, 0) is 18.5 Å². The molecule has 2 rings (SSSR count). The van der Waals surface area contributed by atoms with E-state index in [0.29, 0.717) is 23.5 Å². The van der Waals surface area contributed by atoms with E-state index in [2.05, 4.69) is 10.2 Å². The van der Waals surface area contributed by atoms with E-state index in [1.807, 2.05) is 19.1 Å². The lowest BCUT2D eigenvalue weighted by molar-refractivity contribution is 0.247. The molecular weight excluding hydrogens is 207 g/mol. The smallest absolute Gasteiger partial charge is 0.414 e. The minimum absolute atomic E-state index is 0.130. The summed E-state index contributed by atoms with van der Waals surface area (Å²) in [6.45, 7) is 2.30. The largest absolute Gasteiger partial charge is 0.450 e. The van der Waals surface area contributed by atoms with Gasteiger partial charge in [-0.3, -0.25) is 0 Å². The highest BCUT2D eigenvalue weighted by Gasteiger charge is 2.12. The van der Waals surface area contributed by atoms with Crippen molar-refractivity contribution in [3.63, 3.8) is 0 Å². The zero-order valence-electron chi connectivity index (χ0n) is 8.75. The first-order chi connectivity index (χ1) is 7.85. The van der Waals surface area contributed by atoms with E-state index >= 15 is 0 Å². The molecule has 81 valence electrons. The van der Waals surface area contributed by atoms with Crippen LogP contribution in [0.5, 0.6) is 6.08 Å². The van der Waals surface area contributed by atoms with Crippen LogP contribution >= 0.6 is 0 Å². The molecule has 2 aromatic rings. The van der Waals surface area contributed by atoms with Gasteiger partial charge in [0.15, 0.2) is 0 Å². The van der Waals surface area contributed by atoms with Crippen LogP contribution in [0.3, 0.4) is 0 Å². The Balaban J connectivity index is 2.34. The second-order valence-corrected chi connectivity index (χ2v) is 3.02. The van der Waals surface area contributed by atoms with E-state index < -0.39 is 0 Å². The van der Waals surface area contributed by atoms with Crippen LogP contribution in [0.15, 0.2) is 28.7 Å². The van der Waals surface area contributed by atoms with E-state index in [9.17, 15) is 0 Å². The van der Waals surface area contributed by atoms with E-state index in [1.54, 1.807) is 12.1 Å². The molecule has 0 bridgehead atoms. The number of ether oxygens (including phenoxy) is 1. The number of benzene rings is 1. The van der Waals surface area contributed by atoms with E-state index in [0.717, 1.165) is 7.48 Å². The van der Waals surface area contributed by atoms with Gasteiger partial charge in [0, 0.05) is 5.56 Å². The third-order valence-corrected chi connectivity index (χ3v) is 2.00. The molecule has 1 radical (unpaired) electrons. The molecule has 6 heteroatoms. The molecule has 5 nitrogen and oxygen atoms in total. The number of hydrogen-bond acceptors (Lipinski definition) is 5. The molecule has 1 N–H and O–H groups in total. The summed E-state index contributed by atoms with van der Waals surface area (Å²) in [5.41, 5.74) is 1.29. The summed E-state index contributed by atoms with van der Waals surface area (Å²) in [6.07, 6.45) is 0.130. The third kappa shape index (κ3) is 2.06. The number of hydrogen-bond donors (Lipinski definition) is 1. The third-order valence-electron chi connectivity index (χ3n) is 2.00. The van der Waals surface area contributed by atoms with Crippen LogP contribution in [0, 0.1) is 0 Å². The molecule has 0 aliphatic heterocycles. The van der Waals surface area contributed by atoms with Gasteiger partial charge in [-0.2, -0.15) is 0 Å². The molecule has 0 fully saturated rings. The van der Waals surface area contributed by atoms with Crippen molar-refractivity contribution in [2.24, 2.45) is 0 Å². The van der Waals surface area contributed by atoms with Crippen LogP contribution in [0.2, 0.25) is 0 Å². The van der Waals surface area contributed by atoms with Crippen molar-refractivity contribution in [1.29, 1.82) is 0 Å². The lowest BCUT2D eigenvalue weighted by Crippen LogP contribution is -2.15. The monoisotopic (exact) mass is 217 g/mol. The molecule has 0 amide bonds. The van der Waals surface area contributed by atoms with Crippen LogP contribution in [0.25, 0.3) is 11.5 Å². The summed E-state index contributed by atoms with van der Waals surface area (Å²) in [4.78, 5) is 0. The Kier molecular flexibility index (Phi) is 3.21. The number of rotatable bonds is 4. The Morgan fingerprint density at radius 2 is 2.19 bits per heavy atom. The Labute approximate surface area is 93.4 Å². The highest BCUT2D eigenvalue weighted by atomic mass is 16.6. The highest BCUT2D eigenvalue weighted by Crippen LogP contribution is 2.18. The molecule has 0 aliphatic rings. The molecule has 16 heavy (non-hydrogen) atoms. The topological polar surface area (TPSA) is 68.4 Å². The Morgan fingerprint density at radius 1 is 1.38 bits per heavy atom. The molecular formula is C10H10BN2O3. The van der Waals surface area contributed by atoms with Gasteiger partial charge in [0.05, 0.1) is 6.61 Å². The SMILES string of the molecule is CCOc1nnc(-c2ccccc2[B]O)o1. The summed E-state index contributed by atoms with van der Waals surface area (Å²) in [5.74, 6) is 0.323. The highest BCUT2D eigenvalue weighted by molar-refractivity contribution is 6.47. The second-order valence-electron chi connectivity index (χ2n) is 3.02. The molecule has 1 aromatic heterocycles. The van der Waals surface area contributed by atoms with Crippen molar-refractivity contribution in [3.8, 4) is 17.5 Å². The van der Waals surface area contributed by atoms with Crippen LogP contribution < -0.4 is 10.2 Å². The van der Waals surface area contributed by atoms with Gasteiger partial charge in [-0.25, -0.2) is 0 Å². The molecule has 0 spiro atoms. The molecule has 1 heterocycles. The van der Waals surface area contributed by atoms with Gasteiger partial charge in [-0.15, -0.1) is 5.10 Å². The number of nitrogens with zero attached hydrogens (tertiary/aromatic N) is 2. The zero-order chi connectivity index (χ0) is 11.4. The van der Waals surface area contributed by atoms with Gasteiger partial charge in [0.25, 0.3) is 5.89 Å².